The maximum Gasteiger partial charge on any atom is 0.316 e. The van der Waals surface area contributed by atoms with Gasteiger partial charge in [-0.15, -0.1) is 12.6 Å². The first-order valence-corrected chi connectivity index (χ1v) is 5.40. The van der Waals surface area contributed by atoms with E-state index in [1.807, 2.05) is 37.3 Å². The molecule has 0 fully saturated rings. The van der Waals surface area contributed by atoms with Gasteiger partial charge in [0.05, 0.1) is 5.69 Å². The van der Waals surface area contributed by atoms with Crippen molar-refractivity contribution in [3.63, 3.8) is 0 Å². The Bertz CT molecular complexity index is 474. The van der Waals surface area contributed by atoms with Crippen molar-refractivity contribution < 1.29 is 4.74 Å². The van der Waals surface area contributed by atoms with Crippen molar-refractivity contribution in [2.75, 3.05) is 0 Å². The highest BCUT2D eigenvalue weighted by Crippen LogP contribution is 2.12. The van der Waals surface area contributed by atoms with Gasteiger partial charge >= 0.3 is 6.01 Å². The van der Waals surface area contributed by atoms with Crippen LogP contribution in [-0.4, -0.2) is 9.97 Å². The largest absolute Gasteiger partial charge is 0.459 e. The lowest BCUT2D eigenvalue weighted by Crippen LogP contribution is -2.00. The number of nitrogens with zero attached hydrogens (tertiary/aromatic N) is 2. The summed E-state index contributed by atoms with van der Waals surface area (Å²) >= 11 is 4.20. The molecule has 0 N–H and O–H groups in total. The van der Waals surface area contributed by atoms with Gasteiger partial charge in [-0.05, 0) is 12.5 Å². The first-order valence-electron chi connectivity index (χ1n) is 4.95. The van der Waals surface area contributed by atoms with Crippen LogP contribution in [0.4, 0.5) is 0 Å². The quantitative estimate of drug-likeness (QED) is 0.826. The number of thiol groups is 1. The summed E-state index contributed by atoms with van der Waals surface area (Å²) in [6.45, 7) is 2.35. The molecule has 1 heterocycles. The van der Waals surface area contributed by atoms with E-state index < -0.39 is 0 Å². The maximum atomic E-state index is 5.47. The second-order valence-corrected chi connectivity index (χ2v) is 3.88. The molecular weight excluding hydrogens is 220 g/mol. The Hall–Kier alpha value is -1.55. The normalized spacial score (nSPS) is 10.1. The molecule has 2 aromatic rings. The van der Waals surface area contributed by atoms with Crippen LogP contribution >= 0.6 is 12.6 Å². The van der Waals surface area contributed by atoms with Crippen LogP contribution in [-0.2, 0) is 6.61 Å². The highest BCUT2D eigenvalue weighted by molar-refractivity contribution is 7.80. The van der Waals surface area contributed by atoms with E-state index in [4.69, 9.17) is 4.74 Å². The third-order valence-electron chi connectivity index (χ3n) is 2.14. The standard InChI is InChI=1S/C12H12N2OS/c1-9-11(16)7-13-12(14-9)15-8-10-5-3-2-4-6-10/h2-7,16H,8H2,1H3. The van der Waals surface area contributed by atoms with Gasteiger partial charge in [0.15, 0.2) is 0 Å². The van der Waals surface area contributed by atoms with Crippen LogP contribution in [0, 0.1) is 6.92 Å². The van der Waals surface area contributed by atoms with Gasteiger partial charge in [0.2, 0.25) is 0 Å². The average molecular weight is 232 g/mol. The van der Waals surface area contributed by atoms with E-state index in [1.165, 1.54) is 0 Å². The van der Waals surface area contributed by atoms with Crippen molar-refractivity contribution in [1.29, 1.82) is 0 Å². The van der Waals surface area contributed by atoms with Crippen LogP contribution in [0.5, 0.6) is 6.01 Å². The molecule has 0 saturated carbocycles. The maximum absolute atomic E-state index is 5.47. The Labute approximate surface area is 99.9 Å². The minimum absolute atomic E-state index is 0.388. The Balaban J connectivity index is 2.03. The fourth-order valence-electron chi connectivity index (χ4n) is 1.23. The molecule has 2 rings (SSSR count). The Kier molecular flexibility index (Phi) is 3.41. The predicted molar refractivity (Wildman–Crippen MR) is 64.8 cm³/mol. The molecule has 82 valence electrons. The van der Waals surface area contributed by atoms with E-state index >= 15 is 0 Å². The molecule has 1 aromatic heterocycles. The van der Waals surface area contributed by atoms with Crippen molar-refractivity contribution in [2.24, 2.45) is 0 Å². The van der Waals surface area contributed by atoms with E-state index in [-0.39, 0.29) is 0 Å². The monoisotopic (exact) mass is 232 g/mol. The first kappa shape index (κ1) is 11.0. The molecule has 1 aromatic carbocycles. The molecule has 0 aliphatic heterocycles. The minimum atomic E-state index is 0.388. The van der Waals surface area contributed by atoms with E-state index in [2.05, 4.69) is 22.6 Å². The number of hydrogen-bond acceptors (Lipinski definition) is 4. The summed E-state index contributed by atoms with van der Waals surface area (Å²) in [5.74, 6) is 0. The van der Waals surface area contributed by atoms with E-state index in [0.29, 0.717) is 12.6 Å². The summed E-state index contributed by atoms with van der Waals surface area (Å²) in [4.78, 5) is 8.99. The molecule has 0 aliphatic rings. The average Bonchev–Trinajstić information content (AvgIpc) is 2.32. The lowest BCUT2D eigenvalue weighted by atomic mass is 10.2. The smallest absolute Gasteiger partial charge is 0.316 e. The Morgan fingerprint density at radius 2 is 2.00 bits per heavy atom. The highest BCUT2D eigenvalue weighted by Gasteiger charge is 2.01. The van der Waals surface area contributed by atoms with Gasteiger partial charge in [0.25, 0.3) is 0 Å². The molecule has 0 atom stereocenters. The summed E-state index contributed by atoms with van der Waals surface area (Å²) in [6.07, 6.45) is 1.64. The zero-order valence-corrected chi connectivity index (χ0v) is 9.82. The van der Waals surface area contributed by atoms with Gasteiger partial charge in [-0.2, -0.15) is 4.98 Å². The molecular formula is C12H12N2OS. The van der Waals surface area contributed by atoms with Gasteiger partial charge in [-0.3, -0.25) is 0 Å². The fraction of sp³-hybridized carbons (Fsp3) is 0.167. The Morgan fingerprint density at radius 3 is 2.69 bits per heavy atom. The van der Waals surface area contributed by atoms with Crippen LogP contribution in [0.2, 0.25) is 0 Å². The number of rotatable bonds is 3. The van der Waals surface area contributed by atoms with Crippen molar-refractivity contribution in [1.82, 2.24) is 9.97 Å². The van der Waals surface area contributed by atoms with Crippen LogP contribution in [0.15, 0.2) is 41.4 Å². The highest BCUT2D eigenvalue weighted by atomic mass is 32.1. The molecule has 0 unspecified atom stereocenters. The third kappa shape index (κ3) is 2.73. The number of aromatic nitrogens is 2. The van der Waals surface area contributed by atoms with E-state index in [0.717, 1.165) is 16.2 Å². The third-order valence-corrected chi connectivity index (χ3v) is 2.58. The lowest BCUT2D eigenvalue weighted by molar-refractivity contribution is 0.279. The topological polar surface area (TPSA) is 35.0 Å². The van der Waals surface area contributed by atoms with Gasteiger partial charge in [-0.25, -0.2) is 4.98 Å². The number of aryl methyl sites for hydroxylation is 1. The van der Waals surface area contributed by atoms with Crippen LogP contribution in [0.25, 0.3) is 0 Å². The fourth-order valence-corrected chi connectivity index (χ4v) is 1.34. The molecule has 0 aliphatic carbocycles. The van der Waals surface area contributed by atoms with Crippen LogP contribution in [0.3, 0.4) is 0 Å². The van der Waals surface area contributed by atoms with Crippen molar-refractivity contribution >= 4 is 12.6 Å². The molecule has 4 heteroatoms. The molecule has 3 nitrogen and oxygen atoms in total. The molecule has 0 radical (unpaired) electrons. The predicted octanol–water partition coefficient (Wildman–Crippen LogP) is 2.65. The second-order valence-electron chi connectivity index (χ2n) is 3.40. The summed E-state index contributed by atoms with van der Waals surface area (Å²) in [6, 6.07) is 10.3. The molecule has 16 heavy (non-hydrogen) atoms. The van der Waals surface area contributed by atoms with Gasteiger partial charge in [0, 0.05) is 11.1 Å². The molecule has 0 bridgehead atoms. The number of benzene rings is 1. The van der Waals surface area contributed by atoms with Gasteiger partial charge in [0.1, 0.15) is 6.61 Å². The van der Waals surface area contributed by atoms with Crippen molar-refractivity contribution in [2.45, 2.75) is 18.4 Å². The first-order chi connectivity index (χ1) is 7.75. The van der Waals surface area contributed by atoms with Gasteiger partial charge in [-0.1, -0.05) is 30.3 Å². The molecule has 0 spiro atoms. The zero-order chi connectivity index (χ0) is 11.4. The van der Waals surface area contributed by atoms with Gasteiger partial charge < -0.3 is 4.74 Å². The minimum Gasteiger partial charge on any atom is -0.459 e. The van der Waals surface area contributed by atoms with Crippen LogP contribution < -0.4 is 4.74 Å². The summed E-state index contributed by atoms with van der Waals surface area (Å²) in [5, 5.41) is 0. The lowest BCUT2D eigenvalue weighted by Gasteiger charge is -2.05. The Morgan fingerprint density at radius 1 is 1.25 bits per heavy atom. The SMILES string of the molecule is Cc1nc(OCc2ccccc2)ncc1S. The van der Waals surface area contributed by atoms with Crippen LogP contribution in [0.1, 0.15) is 11.3 Å². The number of ether oxygens (including phenoxy) is 1. The van der Waals surface area contributed by atoms with Crippen molar-refractivity contribution in [3.8, 4) is 6.01 Å². The second kappa shape index (κ2) is 4.99. The molecule has 0 amide bonds. The van der Waals surface area contributed by atoms with E-state index in [9.17, 15) is 0 Å². The summed E-state index contributed by atoms with van der Waals surface area (Å²) in [5.41, 5.74) is 1.92. The number of hydrogen-bond donors (Lipinski definition) is 1. The molecule has 0 saturated heterocycles. The van der Waals surface area contributed by atoms with E-state index in [1.54, 1.807) is 6.20 Å². The van der Waals surface area contributed by atoms with Crippen molar-refractivity contribution in [3.05, 3.63) is 47.8 Å². The zero-order valence-electron chi connectivity index (χ0n) is 8.92. The summed E-state index contributed by atoms with van der Waals surface area (Å²) < 4.78 is 5.47. The summed E-state index contributed by atoms with van der Waals surface area (Å²) in [7, 11) is 0.